The van der Waals surface area contributed by atoms with Gasteiger partial charge in [0, 0.05) is 35.0 Å². The van der Waals surface area contributed by atoms with Gasteiger partial charge in [0.2, 0.25) is 5.91 Å². The van der Waals surface area contributed by atoms with Gasteiger partial charge in [-0.3, -0.25) is 14.9 Å². The molecule has 166 valence electrons. The summed E-state index contributed by atoms with van der Waals surface area (Å²) in [6, 6.07) is 4.19. The van der Waals surface area contributed by atoms with E-state index in [2.05, 4.69) is 25.8 Å². The molecule has 2 aromatic rings. The first-order valence-corrected chi connectivity index (χ1v) is 10.4. The molecule has 31 heavy (non-hydrogen) atoms. The number of ether oxygens (including phenoxy) is 1. The summed E-state index contributed by atoms with van der Waals surface area (Å²) in [4.78, 5) is 28.2. The Morgan fingerprint density at radius 1 is 1.32 bits per heavy atom. The summed E-state index contributed by atoms with van der Waals surface area (Å²) in [6.07, 6.45) is 2.25. The van der Waals surface area contributed by atoms with Crippen molar-refractivity contribution in [2.75, 3.05) is 5.32 Å². The third-order valence-corrected chi connectivity index (χ3v) is 5.80. The topological polar surface area (TPSA) is 109 Å². The van der Waals surface area contributed by atoms with Crippen molar-refractivity contribution < 1.29 is 23.1 Å². The molecule has 0 spiro atoms. The first kappa shape index (κ1) is 21.2. The molecule has 2 aliphatic rings. The Morgan fingerprint density at radius 3 is 2.87 bits per heavy atom. The lowest BCUT2D eigenvalue weighted by molar-refractivity contribution is -0.115. The van der Waals surface area contributed by atoms with Gasteiger partial charge in [0.25, 0.3) is 6.43 Å². The maximum absolute atomic E-state index is 12.8. The average molecular weight is 433 g/mol. The highest BCUT2D eigenvalue weighted by molar-refractivity contribution is 5.91. The smallest absolute Gasteiger partial charge is 0.407 e. The lowest BCUT2D eigenvalue weighted by atomic mass is 10.0. The van der Waals surface area contributed by atoms with Crippen LogP contribution in [0.4, 0.5) is 19.4 Å². The fourth-order valence-corrected chi connectivity index (χ4v) is 3.76. The van der Waals surface area contributed by atoms with Crippen LogP contribution in [0.5, 0.6) is 0 Å². The van der Waals surface area contributed by atoms with Crippen LogP contribution in [0, 0.1) is 0 Å². The second kappa shape index (κ2) is 8.60. The van der Waals surface area contributed by atoms with Crippen LogP contribution >= 0.6 is 0 Å². The number of carbonyl (C=O) groups is 2. The molecule has 3 N–H and O–H groups in total. The fourth-order valence-electron chi connectivity index (χ4n) is 3.76. The van der Waals surface area contributed by atoms with Gasteiger partial charge in [-0.15, -0.1) is 0 Å². The summed E-state index contributed by atoms with van der Waals surface area (Å²) in [5.74, 6) is 0.112. The number of nitrogens with one attached hydrogen (secondary N) is 3. The molecular weight excluding hydrogens is 408 g/mol. The lowest BCUT2D eigenvalue weighted by Gasteiger charge is -2.16. The van der Waals surface area contributed by atoms with Crippen molar-refractivity contribution in [1.82, 2.24) is 20.5 Å². The minimum atomic E-state index is -2.61. The molecule has 0 saturated heterocycles. The summed E-state index contributed by atoms with van der Waals surface area (Å²) >= 11 is 0. The molecule has 2 aliphatic carbocycles. The number of aromatic amines is 1. The number of carbonyl (C=O) groups excluding carboxylic acids is 2. The second-order valence-electron chi connectivity index (χ2n) is 8.54. The first-order chi connectivity index (χ1) is 14.8. The number of aromatic nitrogens is 3. The Hall–Kier alpha value is -3.04. The van der Waals surface area contributed by atoms with Gasteiger partial charge in [0.1, 0.15) is 6.10 Å². The Balaban J connectivity index is 1.27. The highest BCUT2D eigenvalue weighted by atomic mass is 19.3. The van der Waals surface area contributed by atoms with Crippen molar-refractivity contribution in [2.24, 2.45) is 0 Å². The largest absolute Gasteiger partial charge is 0.446 e. The molecule has 2 aromatic heterocycles. The monoisotopic (exact) mass is 433 g/mol. The molecule has 2 saturated carbocycles. The fraction of sp³-hybridized carbons (Fsp3) is 0.524. The summed E-state index contributed by atoms with van der Waals surface area (Å²) in [6.45, 7) is 2.00. The van der Waals surface area contributed by atoms with E-state index in [1.165, 1.54) is 18.3 Å². The number of pyridine rings is 1. The highest BCUT2D eigenvalue weighted by Gasteiger charge is 2.40. The number of rotatable bonds is 7. The third kappa shape index (κ3) is 5.56. The van der Waals surface area contributed by atoms with Crippen LogP contribution in [0.15, 0.2) is 24.4 Å². The number of nitrogens with zero attached hydrogens (tertiary/aromatic N) is 2. The number of alkyl halides is 2. The second-order valence-corrected chi connectivity index (χ2v) is 8.54. The van der Waals surface area contributed by atoms with Crippen molar-refractivity contribution in [2.45, 2.75) is 69.4 Å². The van der Waals surface area contributed by atoms with E-state index in [9.17, 15) is 18.4 Å². The molecule has 2 amide bonds. The van der Waals surface area contributed by atoms with Crippen LogP contribution in [0.2, 0.25) is 0 Å². The summed E-state index contributed by atoms with van der Waals surface area (Å²) < 4.78 is 31.1. The van der Waals surface area contributed by atoms with E-state index in [0.29, 0.717) is 12.2 Å². The van der Waals surface area contributed by atoms with Gasteiger partial charge in [-0.25, -0.2) is 13.6 Å². The zero-order valence-electron chi connectivity index (χ0n) is 17.2. The van der Waals surface area contributed by atoms with E-state index < -0.39 is 12.3 Å². The molecule has 0 aromatic carbocycles. The number of anilines is 1. The van der Waals surface area contributed by atoms with Crippen LogP contribution in [-0.2, 0) is 16.0 Å². The van der Waals surface area contributed by atoms with Gasteiger partial charge >= 0.3 is 6.09 Å². The van der Waals surface area contributed by atoms with Gasteiger partial charge in [-0.05, 0) is 51.2 Å². The Labute approximate surface area is 178 Å². The van der Waals surface area contributed by atoms with Crippen LogP contribution < -0.4 is 10.6 Å². The molecular formula is C21H25F2N5O3. The maximum atomic E-state index is 12.8. The van der Waals surface area contributed by atoms with Gasteiger partial charge in [-0.2, -0.15) is 5.10 Å². The summed E-state index contributed by atoms with van der Waals surface area (Å²) in [5, 5.41) is 12.6. The number of hydrogen-bond donors (Lipinski definition) is 3. The SMILES string of the molecule is CC1(NC(=O)O[C@@H]2CC[C@H](c3cc(NC(=O)Cc4cc(C(F)F)ccn4)n[nH]3)C2)CC1. The minimum Gasteiger partial charge on any atom is -0.446 e. The third-order valence-electron chi connectivity index (χ3n) is 5.80. The molecule has 2 heterocycles. The molecule has 8 nitrogen and oxygen atoms in total. The van der Waals surface area contributed by atoms with E-state index in [4.69, 9.17) is 4.74 Å². The number of amides is 2. The Morgan fingerprint density at radius 2 is 2.13 bits per heavy atom. The molecule has 0 radical (unpaired) electrons. The van der Waals surface area contributed by atoms with Gasteiger partial charge in [-0.1, -0.05) is 0 Å². The van der Waals surface area contributed by atoms with E-state index in [-0.39, 0.29) is 41.3 Å². The first-order valence-electron chi connectivity index (χ1n) is 10.4. The van der Waals surface area contributed by atoms with Crippen LogP contribution in [-0.4, -0.2) is 38.8 Å². The quantitative estimate of drug-likeness (QED) is 0.615. The van der Waals surface area contributed by atoms with Crippen LogP contribution in [0.25, 0.3) is 0 Å². The van der Waals surface area contributed by atoms with Gasteiger partial charge < -0.3 is 15.4 Å². The highest BCUT2D eigenvalue weighted by Crippen LogP contribution is 2.37. The standard InChI is InChI=1S/C21H25F2N5O3/c1-21(5-6-21)26-20(30)31-15-3-2-12(9-15)16-11-17(28-27-16)25-18(29)10-14-8-13(19(22)23)4-7-24-14/h4,7-8,11-12,15,19H,2-3,5-6,9-10H2,1H3,(H,26,30)(H2,25,27,28,29)/t12-,15+/m0/s1. The Kier molecular flexibility index (Phi) is 5.88. The van der Waals surface area contributed by atoms with Crippen molar-refractivity contribution in [1.29, 1.82) is 0 Å². The van der Waals surface area contributed by atoms with Crippen molar-refractivity contribution >= 4 is 17.8 Å². The molecule has 2 atom stereocenters. The zero-order chi connectivity index (χ0) is 22.0. The number of alkyl carbamates (subject to hydrolysis) is 1. The van der Waals surface area contributed by atoms with E-state index >= 15 is 0 Å². The normalized spacial score (nSPS) is 21.7. The van der Waals surface area contributed by atoms with Gasteiger partial charge in [0.05, 0.1) is 12.1 Å². The summed E-state index contributed by atoms with van der Waals surface area (Å²) in [5.41, 5.74) is 0.841. The minimum absolute atomic E-state index is 0.109. The Bertz CT molecular complexity index is 960. The van der Waals surface area contributed by atoms with Crippen LogP contribution in [0.1, 0.15) is 68.3 Å². The van der Waals surface area contributed by atoms with Crippen molar-refractivity contribution in [3.8, 4) is 0 Å². The van der Waals surface area contributed by atoms with E-state index in [0.717, 1.165) is 31.4 Å². The number of halogens is 2. The summed E-state index contributed by atoms with van der Waals surface area (Å²) in [7, 11) is 0. The van der Waals surface area contributed by atoms with Crippen molar-refractivity contribution in [3.63, 3.8) is 0 Å². The van der Waals surface area contributed by atoms with E-state index in [1.54, 1.807) is 6.07 Å². The van der Waals surface area contributed by atoms with Gasteiger partial charge in [0.15, 0.2) is 5.82 Å². The molecule has 0 bridgehead atoms. The molecule has 0 unspecified atom stereocenters. The zero-order valence-corrected chi connectivity index (χ0v) is 17.2. The molecule has 2 fully saturated rings. The van der Waals surface area contributed by atoms with E-state index in [1.807, 2.05) is 6.92 Å². The molecule has 4 rings (SSSR count). The molecule has 10 heteroatoms. The van der Waals surface area contributed by atoms with Crippen molar-refractivity contribution in [3.05, 3.63) is 41.3 Å². The maximum Gasteiger partial charge on any atom is 0.407 e. The lowest BCUT2D eigenvalue weighted by Crippen LogP contribution is -2.36. The molecule has 0 aliphatic heterocycles. The predicted octanol–water partition coefficient (Wildman–Crippen LogP) is 3.84. The predicted molar refractivity (Wildman–Crippen MR) is 108 cm³/mol. The average Bonchev–Trinajstić information content (AvgIpc) is 3.08. The number of H-pyrrole nitrogens is 1. The van der Waals surface area contributed by atoms with Crippen LogP contribution in [0.3, 0.4) is 0 Å². The number of hydrogen-bond acceptors (Lipinski definition) is 5.